The minimum absolute atomic E-state index is 0.0532. The highest BCUT2D eigenvalue weighted by Crippen LogP contribution is 2.40. The number of aromatic hydroxyl groups is 1. The molecule has 2 rings (SSSR count). The van der Waals surface area contributed by atoms with E-state index >= 15 is 0 Å². The number of nitrogens with zero attached hydrogens (tertiary/aromatic N) is 2. The molecular weight excluding hydrogens is 418 g/mol. The SMILES string of the molecule is CC(NCCCN1CCSC(Cc2cc(C(C)(C)C)c(O)c(C(C)(C)C)c2)C1=O)N(C)C. The normalized spacial score (nSPS) is 19.0. The van der Waals surface area contributed by atoms with E-state index in [1.54, 1.807) is 11.8 Å². The number of hydrogen-bond acceptors (Lipinski definition) is 5. The van der Waals surface area contributed by atoms with Gasteiger partial charge in [0, 0.05) is 18.8 Å². The Bertz CT molecular complexity index is 745. The van der Waals surface area contributed by atoms with Crippen LogP contribution in [-0.4, -0.2) is 71.7 Å². The molecule has 0 bridgehead atoms. The number of amides is 1. The van der Waals surface area contributed by atoms with Gasteiger partial charge < -0.3 is 15.3 Å². The lowest BCUT2D eigenvalue weighted by molar-refractivity contribution is -0.130. The molecule has 32 heavy (non-hydrogen) atoms. The van der Waals surface area contributed by atoms with Crippen molar-refractivity contribution in [3.63, 3.8) is 0 Å². The summed E-state index contributed by atoms with van der Waals surface area (Å²) >= 11 is 1.77. The quantitative estimate of drug-likeness (QED) is 0.443. The predicted molar refractivity (Wildman–Crippen MR) is 138 cm³/mol. The molecule has 6 heteroatoms. The Morgan fingerprint density at radius 1 is 1.16 bits per heavy atom. The van der Waals surface area contributed by atoms with Gasteiger partial charge in [-0.25, -0.2) is 0 Å². The molecule has 0 spiro atoms. The first-order chi connectivity index (χ1) is 14.7. The number of benzene rings is 1. The van der Waals surface area contributed by atoms with Crippen molar-refractivity contribution in [2.45, 2.75) is 83.6 Å². The number of rotatable bonds is 8. The van der Waals surface area contributed by atoms with Crippen molar-refractivity contribution in [1.82, 2.24) is 15.1 Å². The molecule has 2 atom stereocenters. The number of nitrogens with one attached hydrogen (secondary N) is 1. The van der Waals surface area contributed by atoms with Gasteiger partial charge in [-0.3, -0.25) is 9.69 Å². The van der Waals surface area contributed by atoms with Crippen molar-refractivity contribution in [3.8, 4) is 5.75 Å². The van der Waals surface area contributed by atoms with Crippen LogP contribution in [0.4, 0.5) is 0 Å². The Hall–Kier alpha value is -1.24. The van der Waals surface area contributed by atoms with Gasteiger partial charge in [-0.2, -0.15) is 0 Å². The monoisotopic (exact) mass is 463 g/mol. The van der Waals surface area contributed by atoms with Crippen LogP contribution in [0.5, 0.6) is 5.75 Å². The number of thioether (sulfide) groups is 1. The van der Waals surface area contributed by atoms with Gasteiger partial charge in [0.15, 0.2) is 0 Å². The van der Waals surface area contributed by atoms with E-state index in [-0.39, 0.29) is 22.0 Å². The molecule has 182 valence electrons. The topological polar surface area (TPSA) is 55.8 Å². The van der Waals surface area contributed by atoms with Crippen LogP contribution in [0.2, 0.25) is 0 Å². The zero-order valence-electron chi connectivity index (χ0n) is 21.7. The highest BCUT2D eigenvalue weighted by Gasteiger charge is 2.31. The van der Waals surface area contributed by atoms with Crippen molar-refractivity contribution in [2.24, 2.45) is 0 Å². The maximum atomic E-state index is 13.2. The Labute approximate surface area is 200 Å². The van der Waals surface area contributed by atoms with Gasteiger partial charge in [0.1, 0.15) is 5.75 Å². The maximum absolute atomic E-state index is 13.2. The van der Waals surface area contributed by atoms with Crippen molar-refractivity contribution in [1.29, 1.82) is 0 Å². The van der Waals surface area contributed by atoms with E-state index in [0.717, 1.165) is 48.5 Å². The average Bonchev–Trinajstić information content (AvgIpc) is 2.66. The van der Waals surface area contributed by atoms with Gasteiger partial charge >= 0.3 is 0 Å². The largest absolute Gasteiger partial charge is 0.507 e. The molecule has 1 fully saturated rings. The van der Waals surface area contributed by atoms with E-state index < -0.39 is 0 Å². The van der Waals surface area contributed by atoms with Gasteiger partial charge in [-0.1, -0.05) is 53.7 Å². The molecule has 2 N–H and O–H groups in total. The summed E-state index contributed by atoms with van der Waals surface area (Å²) in [5.41, 5.74) is 2.75. The molecule has 5 nitrogen and oxygen atoms in total. The Morgan fingerprint density at radius 3 is 2.22 bits per heavy atom. The van der Waals surface area contributed by atoms with Crippen LogP contribution in [0.15, 0.2) is 12.1 Å². The number of phenolic OH excluding ortho intramolecular Hbond substituents is 1. The molecule has 0 radical (unpaired) electrons. The summed E-state index contributed by atoms with van der Waals surface area (Å²) in [6.45, 7) is 17.5. The lowest BCUT2D eigenvalue weighted by Gasteiger charge is -2.33. The second-order valence-electron chi connectivity index (χ2n) is 11.4. The van der Waals surface area contributed by atoms with Gasteiger partial charge in [0.2, 0.25) is 5.91 Å². The van der Waals surface area contributed by atoms with Crippen molar-refractivity contribution < 1.29 is 9.90 Å². The van der Waals surface area contributed by atoms with Gasteiger partial charge in [0.25, 0.3) is 0 Å². The van der Waals surface area contributed by atoms with E-state index in [1.165, 1.54) is 0 Å². The summed E-state index contributed by atoms with van der Waals surface area (Å²) in [5, 5.41) is 14.4. The Morgan fingerprint density at radius 2 is 1.72 bits per heavy atom. The van der Waals surface area contributed by atoms with Gasteiger partial charge in [-0.05, 0) is 67.9 Å². The standard InChI is InChI=1S/C26H45N3O2S/c1-18(28(8)9)27-11-10-12-29-13-14-32-22(24(29)31)17-19-15-20(25(2,3)4)23(30)21(16-19)26(5,6)7/h15-16,18,22,27,30H,10-14,17H2,1-9H3. The summed E-state index contributed by atoms with van der Waals surface area (Å²) in [6.07, 6.45) is 2.00. The van der Waals surface area contributed by atoms with Crippen LogP contribution in [-0.2, 0) is 22.0 Å². The molecule has 1 heterocycles. The fraction of sp³-hybridized carbons (Fsp3) is 0.731. The highest BCUT2D eigenvalue weighted by molar-refractivity contribution is 8.00. The maximum Gasteiger partial charge on any atom is 0.236 e. The Balaban J connectivity index is 2.12. The summed E-state index contributed by atoms with van der Waals surface area (Å²) in [5.74, 6) is 1.64. The first kappa shape index (κ1) is 27.0. The van der Waals surface area contributed by atoms with E-state index in [0.29, 0.717) is 18.3 Å². The van der Waals surface area contributed by atoms with E-state index in [2.05, 4.69) is 84.9 Å². The molecule has 0 aliphatic carbocycles. The fourth-order valence-electron chi connectivity index (χ4n) is 3.99. The summed E-state index contributed by atoms with van der Waals surface area (Å²) in [7, 11) is 4.13. The smallest absolute Gasteiger partial charge is 0.236 e. The van der Waals surface area contributed by atoms with Crippen LogP contribution in [0.25, 0.3) is 0 Å². The zero-order chi connectivity index (χ0) is 24.3. The minimum atomic E-state index is -0.160. The molecule has 1 aliphatic rings. The second-order valence-corrected chi connectivity index (χ2v) is 12.7. The number of phenols is 1. The predicted octanol–water partition coefficient (Wildman–Crippen LogP) is 4.36. The molecule has 1 aromatic carbocycles. The first-order valence-corrected chi connectivity index (χ1v) is 12.9. The third kappa shape index (κ3) is 7.13. The summed E-state index contributed by atoms with van der Waals surface area (Å²) in [4.78, 5) is 17.4. The van der Waals surface area contributed by atoms with Crippen LogP contribution < -0.4 is 5.32 Å². The van der Waals surface area contributed by atoms with Crippen LogP contribution in [0.1, 0.15) is 71.6 Å². The third-order valence-corrected chi connectivity index (χ3v) is 7.48. The van der Waals surface area contributed by atoms with Crippen LogP contribution in [0.3, 0.4) is 0 Å². The summed E-state index contributed by atoms with van der Waals surface area (Å²) < 4.78 is 0. The first-order valence-electron chi connectivity index (χ1n) is 11.9. The third-order valence-electron chi connectivity index (χ3n) is 6.29. The van der Waals surface area contributed by atoms with E-state index in [1.807, 2.05) is 4.90 Å². The lowest BCUT2D eigenvalue weighted by Crippen LogP contribution is -2.46. The van der Waals surface area contributed by atoms with Gasteiger partial charge in [-0.15, -0.1) is 11.8 Å². The fourth-order valence-corrected chi connectivity index (χ4v) is 5.20. The van der Waals surface area contributed by atoms with Gasteiger partial charge in [0.05, 0.1) is 11.4 Å². The van der Waals surface area contributed by atoms with Crippen molar-refractivity contribution in [2.75, 3.05) is 39.5 Å². The average molecular weight is 464 g/mol. The molecule has 1 amide bonds. The minimum Gasteiger partial charge on any atom is -0.507 e. The molecule has 0 aromatic heterocycles. The van der Waals surface area contributed by atoms with Crippen molar-refractivity contribution >= 4 is 17.7 Å². The van der Waals surface area contributed by atoms with E-state index in [9.17, 15) is 9.90 Å². The van der Waals surface area contributed by atoms with E-state index in [4.69, 9.17) is 0 Å². The van der Waals surface area contributed by atoms with Crippen LogP contribution >= 0.6 is 11.8 Å². The van der Waals surface area contributed by atoms with Crippen LogP contribution in [0, 0.1) is 0 Å². The molecule has 1 aliphatic heterocycles. The molecule has 0 saturated carbocycles. The number of carbonyl (C=O) groups is 1. The molecular formula is C26H45N3O2S. The molecule has 2 unspecified atom stereocenters. The highest BCUT2D eigenvalue weighted by atomic mass is 32.2. The lowest BCUT2D eigenvalue weighted by atomic mass is 9.78. The second kappa shape index (κ2) is 10.8. The number of carbonyl (C=O) groups excluding carboxylic acids is 1. The Kier molecular flexibility index (Phi) is 9.11. The number of hydrogen-bond donors (Lipinski definition) is 2. The molecule has 1 saturated heterocycles. The summed E-state index contributed by atoms with van der Waals surface area (Å²) in [6, 6.07) is 4.23. The van der Waals surface area contributed by atoms with Crippen molar-refractivity contribution in [3.05, 3.63) is 28.8 Å². The zero-order valence-corrected chi connectivity index (χ0v) is 22.5. The molecule has 1 aromatic rings.